The number of aromatic hydroxyl groups is 2. The summed E-state index contributed by atoms with van der Waals surface area (Å²) in [6.07, 6.45) is -6.26. The Labute approximate surface area is 483 Å². The lowest BCUT2D eigenvalue weighted by atomic mass is 9.72. The minimum Gasteiger partial charge on any atom is -0.507 e. The van der Waals surface area contributed by atoms with E-state index in [0.29, 0.717) is 24.4 Å². The van der Waals surface area contributed by atoms with Crippen LogP contribution in [0.5, 0.6) is 17.2 Å². The maximum Gasteiger partial charge on any atom is 0.409 e. The molecule has 6 aliphatic rings. The third kappa shape index (κ3) is 12.1. The van der Waals surface area contributed by atoms with E-state index in [9.17, 15) is 58.5 Å². The minimum atomic E-state index is -2.36. The average molecular weight is 1170 g/mol. The highest BCUT2D eigenvalue weighted by Crippen LogP contribution is 2.53. The first-order valence-electron chi connectivity index (χ1n) is 27.9. The number of ketones is 2. The SMILES string of the molecule is COc1cccc2c1C(=O)c1c(O)c3c(c(O)c1C2=O)C[C@@](O)(C(=O)N(C)CCN(C)C(=O)OCc1ccc(NC(=O)[C@H](C)NC(=O)[C@@H](NC(=O)CCN2C(=O)CCC2=O)C(C)C)cc1)C[C@@H]3O[C@H]1C[C@H]2[C@H](O[C@@H]3[C@@H](OC)OCCN32)[C@H](C)O1. The van der Waals surface area contributed by atoms with Crippen molar-refractivity contribution in [3.05, 3.63) is 81.4 Å². The third-order valence-electron chi connectivity index (χ3n) is 16.3. The molecule has 10 atom stereocenters. The van der Waals surface area contributed by atoms with Crippen LogP contribution < -0.4 is 20.7 Å². The number of amides is 7. The second-order valence-corrected chi connectivity index (χ2v) is 22.3. The van der Waals surface area contributed by atoms with E-state index in [4.69, 9.17) is 33.2 Å². The zero-order valence-corrected chi connectivity index (χ0v) is 48.0. The standard InChI is InChI=1S/C58H71N7O19/c1-28(2)46(61-38(66)18-19-65-39(67)16-17-40(65)68)53(74)59-29(3)52(73)60-32-14-12-31(13-15-32)27-81-57(76)63(6)21-20-62(5)56(75)58(77)25-34-43(50(72)45-44(48(34)70)47(69)33-10-9-11-36(78-7)42(33)49(45)71)37(26-58)83-41-24-35-51(30(4)82-41)84-54-55(79-8)80-23-22-64(35)54/h9-15,28-30,35,37,41,46,51,54-55,70,72,77H,16-27H2,1-8H3,(H,59,74)(H,60,73)(H,61,66)/t29-,30-,35-,37-,41-,46-,51+,54+,55-,58-/m0/s1. The molecule has 4 saturated heterocycles. The van der Waals surface area contributed by atoms with E-state index >= 15 is 0 Å². The Morgan fingerprint density at radius 2 is 1.55 bits per heavy atom. The second kappa shape index (κ2) is 24.9. The number of phenols is 2. The number of hydrogen-bond acceptors (Lipinski definition) is 20. The van der Waals surface area contributed by atoms with Crippen LogP contribution in [-0.2, 0) is 70.2 Å². The molecule has 0 aromatic heterocycles. The smallest absolute Gasteiger partial charge is 0.409 e. The molecule has 0 radical (unpaired) electrons. The molecule has 84 heavy (non-hydrogen) atoms. The lowest BCUT2D eigenvalue weighted by Crippen LogP contribution is -2.55. The van der Waals surface area contributed by atoms with Gasteiger partial charge in [0.2, 0.25) is 35.3 Å². The summed E-state index contributed by atoms with van der Waals surface area (Å²) in [5.74, 6) is -6.54. The van der Waals surface area contributed by atoms with Gasteiger partial charge in [-0.3, -0.25) is 48.2 Å². The molecule has 4 fully saturated rings. The van der Waals surface area contributed by atoms with Crippen molar-refractivity contribution in [1.29, 1.82) is 0 Å². The number of ether oxygens (including phenoxy) is 7. The number of imide groups is 1. The number of fused-ring (bicyclic) bond motifs is 6. The number of rotatable bonds is 19. The van der Waals surface area contributed by atoms with E-state index in [1.54, 1.807) is 38.1 Å². The maximum atomic E-state index is 14.6. The molecule has 0 unspecified atom stereocenters. The van der Waals surface area contributed by atoms with Crippen molar-refractivity contribution in [2.75, 3.05) is 66.4 Å². The highest BCUT2D eigenvalue weighted by Gasteiger charge is 2.56. The Morgan fingerprint density at radius 1 is 0.857 bits per heavy atom. The van der Waals surface area contributed by atoms with Crippen molar-refractivity contribution in [2.24, 2.45) is 5.92 Å². The fraction of sp³-hybridized carbons (Fsp3) is 0.534. The summed E-state index contributed by atoms with van der Waals surface area (Å²) < 4.78 is 41.7. The van der Waals surface area contributed by atoms with Gasteiger partial charge in [-0.2, -0.15) is 0 Å². The topological polar surface area (TPSA) is 328 Å². The van der Waals surface area contributed by atoms with Crippen LogP contribution in [0.25, 0.3) is 0 Å². The zero-order chi connectivity index (χ0) is 60.6. The number of likely N-dealkylation sites (N-methyl/N-ethyl adjacent to an activating group) is 2. The van der Waals surface area contributed by atoms with Gasteiger partial charge in [-0.1, -0.05) is 38.1 Å². The minimum absolute atomic E-state index is 0.0710. The maximum absolute atomic E-state index is 14.6. The number of anilines is 1. The fourth-order valence-electron chi connectivity index (χ4n) is 11.8. The van der Waals surface area contributed by atoms with Crippen LogP contribution in [0.3, 0.4) is 0 Å². The Balaban J connectivity index is 0.820. The van der Waals surface area contributed by atoms with E-state index in [0.717, 1.165) is 4.90 Å². The van der Waals surface area contributed by atoms with E-state index in [1.807, 2.05) is 6.92 Å². The Bertz CT molecular complexity index is 3100. The Morgan fingerprint density at radius 3 is 2.23 bits per heavy atom. The highest BCUT2D eigenvalue weighted by molar-refractivity contribution is 6.31. The van der Waals surface area contributed by atoms with Gasteiger partial charge in [0.25, 0.3) is 5.91 Å². The summed E-state index contributed by atoms with van der Waals surface area (Å²) in [5, 5.41) is 44.9. The van der Waals surface area contributed by atoms with Gasteiger partial charge in [-0.05, 0) is 43.5 Å². The number of carbonyl (C=O) groups excluding carboxylic acids is 9. The number of likely N-dealkylation sites (tertiary alicyclic amines) is 1. The molecule has 6 N–H and O–H groups in total. The quantitative estimate of drug-likeness (QED) is 0.0578. The molecule has 4 heterocycles. The van der Waals surface area contributed by atoms with Crippen molar-refractivity contribution in [3.63, 3.8) is 0 Å². The number of benzene rings is 3. The summed E-state index contributed by atoms with van der Waals surface area (Å²) in [6, 6.07) is 8.46. The summed E-state index contributed by atoms with van der Waals surface area (Å²) in [6.45, 7) is 7.11. The number of aliphatic hydroxyl groups is 1. The van der Waals surface area contributed by atoms with Crippen LogP contribution >= 0.6 is 0 Å². The molecule has 0 bridgehead atoms. The zero-order valence-electron chi connectivity index (χ0n) is 48.0. The van der Waals surface area contributed by atoms with Gasteiger partial charge in [-0.25, -0.2) is 4.79 Å². The molecule has 452 valence electrons. The van der Waals surface area contributed by atoms with E-state index in [-0.39, 0.29) is 104 Å². The third-order valence-corrected chi connectivity index (χ3v) is 16.3. The van der Waals surface area contributed by atoms with Crippen molar-refractivity contribution >= 4 is 58.8 Å². The van der Waals surface area contributed by atoms with Crippen LogP contribution in [0.15, 0.2) is 42.5 Å². The predicted molar refractivity (Wildman–Crippen MR) is 292 cm³/mol. The number of morpholine rings is 1. The van der Waals surface area contributed by atoms with E-state index in [1.165, 1.54) is 63.2 Å². The van der Waals surface area contributed by atoms with Crippen molar-refractivity contribution < 1.29 is 91.6 Å². The van der Waals surface area contributed by atoms with Gasteiger partial charge in [0, 0.05) is 114 Å². The van der Waals surface area contributed by atoms with E-state index < -0.39 is 132 Å². The molecule has 26 heteroatoms. The van der Waals surface area contributed by atoms with Crippen LogP contribution in [0.4, 0.5) is 10.5 Å². The van der Waals surface area contributed by atoms with Gasteiger partial charge in [0.1, 0.15) is 47.6 Å². The monoisotopic (exact) mass is 1170 g/mol. The average Bonchev–Trinajstić information content (AvgIpc) is 1.21. The van der Waals surface area contributed by atoms with Crippen LogP contribution in [-0.4, -0.2) is 204 Å². The number of phenolic OH excluding ortho intramolecular Hbond substituents is 2. The molecular weight excluding hydrogens is 1100 g/mol. The molecule has 0 saturated carbocycles. The molecule has 4 aliphatic heterocycles. The van der Waals surface area contributed by atoms with Gasteiger partial charge < -0.3 is 74.2 Å². The summed E-state index contributed by atoms with van der Waals surface area (Å²) >= 11 is 0. The van der Waals surface area contributed by atoms with Crippen LogP contribution in [0.2, 0.25) is 0 Å². The number of methoxy groups -OCH3 is 2. The molecule has 26 nitrogen and oxygen atoms in total. The highest BCUT2D eigenvalue weighted by atomic mass is 16.7. The Kier molecular flexibility index (Phi) is 18.1. The first-order valence-corrected chi connectivity index (χ1v) is 27.9. The van der Waals surface area contributed by atoms with Gasteiger partial charge in [-0.15, -0.1) is 0 Å². The van der Waals surface area contributed by atoms with E-state index in [2.05, 4.69) is 20.9 Å². The Hall–Kier alpha value is -7.59. The van der Waals surface area contributed by atoms with Crippen molar-refractivity contribution in [2.45, 2.75) is 134 Å². The first kappa shape index (κ1) is 61.0. The molecular formula is C58H71N7O19. The molecule has 3 aromatic rings. The lowest BCUT2D eigenvalue weighted by Gasteiger charge is -2.44. The van der Waals surface area contributed by atoms with Gasteiger partial charge in [0.15, 0.2) is 24.6 Å². The lowest BCUT2D eigenvalue weighted by molar-refractivity contribution is -0.256. The molecule has 3 aromatic carbocycles. The number of nitrogens with zero attached hydrogens (tertiary/aromatic N) is 4. The summed E-state index contributed by atoms with van der Waals surface area (Å²) in [5.41, 5.74) is -2.94. The number of hydrogen-bond donors (Lipinski definition) is 6. The number of nitrogens with one attached hydrogen (secondary N) is 3. The molecule has 0 spiro atoms. The first-order chi connectivity index (χ1) is 39.9. The fourth-order valence-corrected chi connectivity index (χ4v) is 11.8. The summed E-state index contributed by atoms with van der Waals surface area (Å²) in [7, 11) is 5.70. The van der Waals surface area contributed by atoms with Gasteiger partial charge >= 0.3 is 6.09 Å². The van der Waals surface area contributed by atoms with Crippen LogP contribution in [0, 0.1) is 5.92 Å². The normalized spacial score (nSPS) is 25.1. The van der Waals surface area contributed by atoms with Crippen LogP contribution in [0.1, 0.15) is 114 Å². The summed E-state index contributed by atoms with van der Waals surface area (Å²) in [4.78, 5) is 125. The molecule has 9 rings (SSSR count). The van der Waals surface area contributed by atoms with Crippen molar-refractivity contribution in [3.8, 4) is 17.2 Å². The van der Waals surface area contributed by atoms with Crippen molar-refractivity contribution in [1.82, 2.24) is 30.2 Å². The predicted octanol–water partition coefficient (Wildman–Crippen LogP) is 2.00. The van der Waals surface area contributed by atoms with Gasteiger partial charge in [0.05, 0.1) is 42.6 Å². The molecule has 2 aliphatic carbocycles. The number of carbonyl (C=O) groups is 9. The second-order valence-electron chi connectivity index (χ2n) is 22.3. The largest absolute Gasteiger partial charge is 0.507 e. The molecule has 7 amide bonds.